The summed E-state index contributed by atoms with van der Waals surface area (Å²) in [5.41, 5.74) is 1.80. The summed E-state index contributed by atoms with van der Waals surface area (Å²) in [6.07, 6.45) is 2.53. The molecule has 1 amide bonds. The summed E-state index contributed by atoms with van der Waals surface area (Å²) in [6.45, 7) is 2.60. The minimum Gasteiger partial charge on any atom is -0.454 e. The monoisotopic (exact) mass is 405 g/mol. The van der Waals surface area contributed by atoms with E-state index in [1.165, 1.54) is 6.07 Å². The first-order chi connectivity index (χ1) is 14.7. The van der Waals surface area contributed by atoms with Crippen molar-refractivity contribution in [3.8, 4) is 11.5 Å². The first kappa shape index (κ1) is 20.0. The molecule has 0 spiro atoms. The summed E-state index contributed by atoms with van der Waals surface area (Å²) in [5.74, 6) is 0.419. The summed E-state index contributed by atoms with van der Waals surface area (Å²) in [5, 5.41) is 2.97. The largest absolute Gasteiger partial charge is 0.454 e. The molecule has 0 radical (unpaired) electrons. The van der Waals surface area contributed by atoms with Gasteiger partial charge < -0.3 is 10.1 Å². The van der Waals surface area contributed by atoms with Gasteiger partial charge in [0, 0.05) is 19.3 Å². The molecule has 1 atom stereocenters. The van der Waals surface area contributed by atoms with Crippen LogP contribution in [-0.4, -0.2) is 28.9 Å². The van der Waals surface area contributed by atoms with Crippen LogP contribution in [0.4, 0.5) is 4.39 Å². The average molecular weight is 405 g/mol. The third-order valence-electron chi connectivity index (χ3n) is 5.19. The van der Waals surface area contributed by atoms with Crippen molar-refractivity contribution in [3.63, 3.8) is 0 Å². The fourth-order valence-electron chi connectivity index (χ4n) is 3.61. The zero-order valence-electron chi connectivity index (χ0n) is 16.6. The second-order valence-electron chi connectivity index (χ2n) is 7.44. The lowest BCUT2D eigenvalue weighted by atomic mass is 10.1. The number of amides is 1. The summed E-state index contributed by atoms with van der Waals surface area (Å²) >= 11 is 0. The Bertz CT molecular complexity index is 982. The van der Waals surface area contributed by atoms with Gasteiger partial charge in [-0.05, 0) is 54.9 Å². The minimum absolute atomic E-state index is 0.0470. The van der Waals surface area contributed by atoms with E-state index >= 15 is 0 Å². The van der Waals surface area contributed by atoms with Crippen LogP contribution in [0.3, 0.4) is 0 Å². The van der Waals surface area contributed by atoms with Crippen molar-refractivity contribution in [3.05, 3.63) is 90.0 Å². The number of hydrogen-bond donors (Lipinski definition) is 1. The third-order valence-corrected chi connectivity index (χ3v) is 5.19. The molecule has 30 heavy (non-hydrogen) atoms. The minimum atomic E-state index is -0.393. The summed E-state index contributed by atoms with van der Waals surface area (Å²) < 4.78 is 19.8. The van der Waals surface area contributed by atoms with Crippen LogP contribution < -0.4 is 10.1 Å². The van der Waals surface area contributed by atoms with Crippen LogP contribution in [0.5, 0.6) is 11.5 Å². The predicted octanol–water partition coefficient (Wildman–Crippen LogP) is 4.15. The van der Waals surface area contributed by atoms with Gasteiger partial charge in [0.2, 0.25) is 5.91 Å². The highest BCUT2D eigenvalue weighted by molar-refractivity contribution is 5.79. The Balaban J connectivity index is 1.32. The Kier molecular flexibility index (Phi) is 6.35. The van der Waals surface area contributed by atoms with E-state index in [4.69, 9.17) is 4.74 Å². The molecule has 0 bridgehead atoms. The van der Waals surface area contributed by atoms with E-state index in [9.17, 15) is 9.18 Å². The van der Waals surface area contributed by atoms with Crippen molar-refractivity contribution in [2.45, 2.75) is 19.5 Å². The molecule has 5 nitrogen and oxygen atoms in total. The van der Waals surface area contributed by atoms with Gasteiger partial charge in [0.05, 0.1) is 18.2 Å². The van der Waals surface area contributed by atoms with Crippen LogP contribution in [0.25, 0.3) is 0 Å². The van der Waals surface area contributed by atoms with Gasteiger partial charge in [-0.2, -0.15) is 0 Å². The van der Waals surface area contributed by atoms with Crippen molar-refractivity contribution in [1.29, 1.82) is 0 Å². The molecule has 2 aromatic carbocycles. The van der Waals surface area contributed by atoms with Gasteiger partial charge in [-0.15, -0.1) is 0 Å². The van der Waals surface area contributed by atoms with Crippen LogP contribution in [0.1, 0.15) is 17.7 Å². The summed E-state index contributed by atoms with van der Waals surface area (Å²) in [4.78, 5) is 18.9. The number of pyridine rings is 1. The first-order valence-corrected chi connectivity index (χ1v) is 10.1. The van der Waals surface area contributed by atoms with Gasteiger partial charge in [0.1, 0.15) is 5.75 Å². The number of aromatic nitrogens is 1. The second-order valence-corrected chi connectivity index (χ2v) is 7.44. The molecule has 1 unspecified atom stereocenters. The average Bonchev–Trinajstić information content (AvgIpc) is 3.24. The van der Waals surface area contributed by atoms with Gasteiger partial charge in [-0.3, -0.25) is 14.7 Å². The lowest BCUT2D eigenvalue weighted by molar-refractivity contribution is -0.124. The van der Waals surface area contributed by atoms with Gasteiger partial charge in [-0.1, -0.05) is 30.3 Å². The number of hydrogen-bond acceptors (Lipinski definition) is 4. The highest BCUT2D eigenvalue weighted by atomic mass is 19.1. The predicted molar refractivity (Wildman–Crippen MR) is 112 cm³/mol. The van der Waals surface area contributed by atoms with Crippen molar-refractivity contribution in [2.75, 3.05) is 13.1 Å². The molecule has 1 aliphatic heterocycles. The molecule has 1 N–H and O–H groups in total. The molecular weight excluding hydrogens is 381 g/mol. The number of para-hydroxylation sites is 1. The van der Waals surface area contributed by atoms with Gasteiger partial charge >= 0.3 is 0 Å². The zero-order chi connectivity index (χ0) is 20.8. The number of rotatable bonds is 7. The molecule has 0 aliphatic carbocycles. The molecule has 3 aromatic rings. The second kappa shape index (κ2) is 9.50. The molecule has 6 heteroatoms. The van der Waals surface area contributed by atoms with E-state index < -0.39 is 5.82 Å². The Morgan fingerprint density at radius 3 is 2.77 bits per heavy atom. The summed E-state index contributed by atoms with van der Waals surface area (Å²) in [6, 6.07) is 19.7. The van der Waals surface area contributed by atoms with Crippen LogP contribution >= 0.6 is 0 Å². The molecule has 1 aromatic heterocycles. The Morgan fingerprint density at radius 2 is 1.97 bits per heavy atom. The van der Waals surface area contributed by atoms with Gasteiger partial charge in [0.25, 0.3) is 0 Å². The van der Waals surface area contributed by atoms with Crippen molar-refractivity contribution >= 4 is 5.91 Å². The van der Waals surface area contributed by atoms with E-state index in [1.54, 1.807) is 30.5 Å². The molecular formula is C24H24FN3O2. The van der Waals surface area contributed by atoms with Crippen LogP contribution in [0.2, 0.25) is 0 Å². The molecule has 2 heterocycles. The number of likely N-dealkylation sites (tertiary alicyclic amines) is 1. The number of carbonyl (C=O) groups excluding carboxylic acids is 1. The third kappa shape index (κ3) is 5.21. The van der Waals surface area contributed by atoms with E-state index in [1.807, 2.05) is 36.4 Å². The number of benzene rings is 2. The van der Waals surface area contributed by atoms with Crippen molar-refractivity contribution < 1.29 is 13.9 Å². The number of ether oxygens (including phenoxy) is 1. The fourth-order valence-corrected chi connectivity index (χ4v) is 3.61. The van der Waals surface area contributed by atoms with Crippen molar-refractivity contribution in [2.24, 2.45) is 5.92 Å². The zero-order valence-corrected chi connectivity index (χ0v) is 16.6. The van der Waals surface area contributed by atoms with E-state index in [-0.39, 0.29) is 17.6 Å². The maximum Gasteiger partial charge on any atom is 0.224 e. The SMILES string of the molecule is O=C(NCc1ccccn1)C1CCN(Cc2ccc(F)c(Oc3ccccc3)c2)C1. The maximum atomic E-state index is 14.2. The highest BCUT2D eigenvalue weighted by Crippen LogP contribution is 2.27. The molecule has 154 valence electrons. The summed E-state index contributed by atoms with van der Waals surface area (Å²) in [7, 11) is 0. The lowest BCUT2D eigenvalue weighted by Crippen LogP contribution is -2.32. The van der Waals surface area contributed by atoms with E-state index in [2.05, 4.69) is 15.2 Å². The topological polar surface area (TPSA) is 54.5 Å². The van der Waals surface area contributed by atoms with Gasteiger partial charge in [-0.25, -0.2) is 4.39 Å². The van der Waals surface area contributed by atoms with Crippen LogP contribution in [-0.2, 0) is 17.9 Å². The maximum absolute atomic E-state index is 14.2. The molecule has 1 saturated heterocycles. The van der Waals surface area contributed by atoms with Gasteiger partial charge in [0.15, 0.2) is 11.6 Å². The standard InChI is InChI=1S/C24H24FN3O2/c25-22-10-9-18(14-23(22)30-21-7-2-1-3-8-21)16-28-13-11-19(17-28)24(29)27-15-20-6-4-5-12-26-20/h1-10,12,14,19H,11,13,15-17H2,(H,27,29). The molecule has 1 aliphatic rings. The normalized spacial score (nSPS) is 16.4. The highest BCUT2D eigenvalue weighted by Gasteiger charge is 2.28. The Hall–Kier alpha value is -3.25. The van der Waals surface area contributed by atoms with Crippen LogP contribution in [0.15, 0.2) is 72.9 Å². The molecule has 4 rings (SSSR count). The molecule has 1 fully saturated rings. The number of nitrogens with one attached hydrogen (secondary N) is 1. The van der Waals surface area contributed by atoms with E-state index in [0.717, 1.165) is 24.2 Å². The quantitative estimate of drug-likeness (QED) is 0.642. The number of halogens is 1. The first-order valence-electron chi connectivity index (χ1n) is 10.1. The van der Waals surface area contributed by atoms with E-state index in [0.29, 0.717) is 25.4 Å². The fraction of sp³-hybridized carbons (Fsp3) is 0.250. The van der Waals surface area contributed by atoms with Crippen LogP contribution in [0, 0.1) is 11.7 Å². The number of carbonyl (C=O) groups is 1. The van der Waals surface area contributed by atoms with Crippen molar-refractivity contribution in [1.82, 2.24) is 15.2 Å². The Morgan fingerprint density at radius 1 is 1.13 bits per heavy atom. The lowest BCUT2D eigenvalue weighted by Gasteiger charge is -2.17. The molecule has 0 saturated carbocycles. The Labute approximate surface area is 175 Å². The number of nitrogens with zero attached hydrogens (tertiary/aromatic N) is 2. The smallest absolute Gasteiger partial charge is 0.224 e.